The van der Waals surface area contributed by atoms with E-state index in [1.54, 1.807) is 0 Å². The van der Waals surface area contributed by atoms with Crippen molar-refractivity contribution in [1.29, 1.82) is 0 Å². The summed E-state index contributed by atoms with van der Waals surface area (Å²) < 4.78 is 24.1. The van der Waals surface area contributed by atoms with Gasteiger partial charge in [0.15, 0.2) is 0 Å². The Labute approximate surface area is 281 Å². The Morgan fingerprint density at radius 1 is 0.660 bits per heavy atom. The first kappa shape index (κ1) is 37.0. The monoisotopic (exact) mass is 648 g/mol. The molecule has 4 N–H and O–H groups in total. The van der Waals surface area contributed by atoms with Crippen LogP contribution in [0, 0.1) is 11.8 Å². The lowest BCUT2D eigenvalue weighted by Gasteiger charge is -2.32. The summed E-state index contributed by atoms with van der Waals surface area (Å²) in [6, 6.07) is 15.4. The van der Waals surface area contributed by atoms with Gasteiger partial charge in [-0.2, -0.15) is 0 Å². The fraction of sp³-hybridized carbons (Fsp3) is 0.611. The van der Waals surface area contributed by atoms with Gasteiger partial charge in [-0.15, -0.1) is 0 Å². The van der Waals surface area contributed by atoms with Crippen LogP contribution in [0.15, 0.2) is 48.5 Å². The third kappa shape index (κ3) is 8.79. The predicted octanol–water partition coefficient (Wildman–Crippen LogP) is 5.94. The maximum atomic E-state index is 12.4. The molecular weight excluding hydrogens is 594 g/mol. The van der Waals surface area contributed by atoms with Crippen LogP contribution >= 0.6 is 0 Å². The highest BCUT2D eigenvalue weighted by Gasteiger charge is 2.53. The minimum atomic E-state index is -0.609. The highest BCUT2D eigenvalue weighted by atomic mass is 16.7. The molecule has 2 saturated carbocycles. The maximum absolute atomic E-state index is 12.4. The number of carboxylic acids is 1. The first-order chi connectivity index (χ1) is 21.9. The summed E-state index contributed by atoms with van der Waals surface area (Å²) in [7, 11) is -0.828. The molecule has 2 saturated heterocycles. The molecule has 0 atom stereocenters. The van der Waals surface area contributed by atoms with Crippen molar-refractivity contribution >= 4 is 48.4 Å². The minimum absolute atomic E-state index is 0.0185. The van der Waals surface area contributed by atoms with Gasteiger partial charge in [-0.1, -0.05) is 62.1 Å². The van der Waals surface area contributed by atoms with Crippen LogP contribution in [0.3, 0.4) is 0 Å². The van der Waals surface area contributed by atoms with E-state index in [9.17, 15) is 9.59 Å². The van der Waals surface area contributed by atoms with Gasteiger partial charge in [-0.3, -0.25) is 9.59 Å². The molecule has 1 amide bonds. The van der Waals surface area contributed by atoms with Gasteiger partial charge in [-0.25, -0.2) is 0 Å². The van der Waals surface area contributed by atoms with Crippen molar-refractivity contribution in [3.8, 4) is 0 Å². The molecule has 0 aromatic heterocycles. The van der Waals surface area contributed by atoms with E-state index in [-0.39, 0.29) is 47.3 Å². The zero-order valence-corrected chi connectivity index (χ0v) is 29.6. The first-order valence-electron chi connectivity index (χ1n) is 17.1. The third-order valence-corrected chi connectivity index (χ3v) is 10.7. The van der Waals surface area contributed by atoms with Crippen LogP contribution in [0.1, 0.15) is 107 Å². The number of rotatable bonds is 5. The fourth-order valence-corrected chi connectivity index (χ4v) is 6.08. The van der Waals surface area contributed by atoms with Gasteiger partial charge in [0.05, 0.1) is 28.3 Å². The number of nitrogen functional groups attached to an aromatic ring is 1. The molecule has 2 aromatic carbocycles. The Morgan fingerprint density at radius 2 is 1.04 bits per heavy atom. The Hall–Kier alpha value is -2.85. The van der Waals surface area contributed by atoms with Crippen LogP contribution < -0.4 is 22.0 Å². The standard InChI is InChI=1S/C18H26BNO3.C12H18BNO2.C6H10O2/c1-17(2)18(3,4)23-19(22-17)14-11-7-8-12-15(14)20-16(21)13-9-5-6-10-13;1-11(2)12(3,4)16-13(15-11)9-7-5-6-8-10(9)14;7-6(8)5-3-1-2-4-5/h7-8,11-13H,5-6,9-10H2,1-4H3,(H,20,21);5-8H,14H2,1-4H3;5H,1-4H2,(H,7,8). The molecule has 2 aliphatic heterocycles. The number of hydrogen-bond acceptors (Lipinski definition) is 7. The number of benzene rings is 2. The summed E-state index contributed by atoms with van der Waals surface area (Å²) in [6.07, 6.45) is 8.29. The molecule has 2 aromatic rings. The average molecular weight is 648 g/mol. The number of anilines is 2. The number of para-hydroxylation sites is 2. The van der Waals surface area contributed by atoms with E-state index >= 15 is 0 Å². The van der Waals surface area contributed by atoms with Crippen molar-refractivity contribution in [3.63, 3.8) is 0 Å². The summed E-state index contributed by atoms with van der Waals surface area (Å²) in [5, 5.41) is 11.5. The van der Waals surface area contributed by atoms with Crippen LogP contribution in [-0.2, 0) is 28.2 Å². The van der Waals surface area contributed by atoms with E-state index in [0.29, 0.717) is 5.69 Å². The molecule has 4 aliphatic rings. The number of carboxylic acid groups (broad SMARTS) is 1. The molecule has 2 heterocycles. The van der Waals surface area contributed by atoms with E-state index in [1.807, 2.05) is 104 Å². The Balaban J connectivity index is 0.000000180. The Kier molecular flexibility index (Phi) is 11.6. The lowest BCUT2D eigenvalue weighted by Crippen LogP contribution is -2.41. The van der Waals surface area contributed by atoms with E-state index < -0.39 is 13.1 Å². The third-order valence-electron chi connectivity index (χ3n) is 10.7. The van der Waals surface area contributed by atoms with Crippen LogP contribution in [0.25, 0.3) is 0 Å². The van der Waals surface area contributed by atoms with Crippen molar-refractivity contribution in [2.75, 3.05) is 11.1 Å². The zero-order valence-electron chi connectivity index (χ0n) is 29.6. The number of amides is 1. The van der Waals surface area contributed by atoms with E-state index in [1.165, 1.54) is 0 Å². The average Bonchev–Trinajstić information content (AvgIpc) is 3.78. The quantitative estimate of drug-likeness (QED) is 0.268. The predicted molar refractivity (Wildman–Crippen MR) is 189 cm³/mol. The summed E-state index contributed by atoms with van der Waals surface area (Å²) in [4.78, 5) is 22.6. The van der Waals surface area contributed by atoms with E-state index in [2.05, 4.69) is 5.32 Å². The maximum Gasteiger partial charge on any atom is 0.496 e. The molecule has 2 aliphatic carbocycles. The van der Waals surface area contributed by atoms with Gasteiger partial charge in [-0.05, 0) is 93.2 Å². The van der Waals surface area contributed by atoms with Crippen molar-refractivity contribution in [2.45, 2.75) is 129 Å². The van der Waals surface area contributed by atoms with Gasteiger partial charge < -0.3 is 34.8 Å². The molecule has 4 fully saturated rings. The first-order valence-corrected chi connectivity index (χ1v) is 17.1. The van der Waals surface area contributed by atoms with Crippen molar-refractivity contribution in [3.05, 3.63) is 48.5 Å². The smallest absolute Gasteiger partial charge is 0.481 e. The van der Waals surface area contributed by atoms with E-state index in [0.717, 1.165) is 68.0 Å². The summed E-state index contributed by atoms with van der Waals surface area (Å²) in [5.41, 5.74) is 7.80. The summed E-state index contributed by atoms with van der Waals surface area (Å²) in [5.74, 6) is -0.370. The summed E-state index contributed by atoms with van der Waals surface area (Å²) >= 11 is 0. The van der Waals surface area contributed by atoms with E-state index in [4.69, 9.17) is 29.5 Å². The second-order valence-corrected chi connectivity index (χ2v) is 15.2. The second-order valence-electron chi connectivity index (χ2n) is 15.2. The lowest BCUT2D eigenvalue weighted by molar-refractivity contribution is -0.141. The molecule has 0 spiro atoms. The van der Waals surface area contributed by atoms with Crippen LogP contribution in [0.5, 0.6) is 0 Å². The topological polar surface area (TPSA) is 129 Å². The normalized spacial score (nSPS) is 22.6. The largest absolute Gasteiger partial charge is 0.496 e. The number of carbonyl (C=O) groups is 2. The molecule has 9 nitrogen and oxygen atoms in total. The lowest BCUT2D eigenvalue weighted by atomic mass is 9.77. The molecule has 0 bridgehead atoms. The number of hydrogen-bond donors (Lipinski definition) is 3. The van der Waals surface area contributed by atoms with Gasteiger partial charge in [0, 0.05) is 28.2 Å². The van der Waals surface area contributed by atoms with Gasteiger partial charge in [0.2, 0.25) is 5.91 Å². The van der Waals surface area contributed by atoms with Gasteiger partial charge >= 0.3 is 20.2 Å². The van der Waals surface area contributed by atoms with Crippen LogP contribution in [-0.4, -0.2) is 53.6 Å². The van der Waals surface area contributed by atoms with Crippen LogP contribution in [0.4, 0.5) is 11.4 Å². The van der Waals surface area contributed by atoms with Crippen LogP contribution in [0.2, 0.25) is 0 Å². The minimum Gasteiger partial charge on any atom is -0.481 e. The fourth-order valence-electron chi connectivity index (χ4n) is 6.08. The molecule has 0 radical (unpaired) electrons. The highest BCUT2D eigenvalue weighted by molar-refractivity contribution is 6.64. The zero-order chi connectivity index (χ0) is 34.6. The molecule has 47 heavy (non-hydrogen) atoms. The van der Waals surface area contributed by atoms with Crippen molar-refractivity contribution in [1.82, 2.24) is 0 Å². The molecular formula is C36H54B2N2O7. The molecule has 0 unspecified atom stereocenters. The van der Waals surface area contributed by atoms with Gasteiger partial charge in [0.25, 0.3) is 0 Å². The number of nitrogens with two attached hydrogens (primary N) is 1. The highest BCUT2D eigenvalue weighted by Crippen LogP contribution is 2.38. The van der Waals surface area contributed by atoms with Crippen molar-refractivity contribution in [2.24, 2.45) is 11.8 Å². The molecule has 256 valence electrons. The SMILES string of the molecule is CC1(C)OB(c2ccccc2N)OC1(C)C.CC1(C)OB(c2ccccc2NC(=O)C2CCCC2)OC1(C)C.O=C(O)C1CCCC1. The molecule has 6 rings (SSSR count). The second kappa shape index (κ2) is 14.7. The Morgan fingerprint density at radius 3 is 1.47 bits per heavy atom. The number of carbonyl (C=O) groups excluding carboxylic acids is 1. The number of aliphatic carboxylic acids is 1. The van der Waals surface area contributed by atoms with Gasteiger partial charge in [0.1, 0.15) is 0 Å². The van der Waals surface area contributed by atoms with Crippen molar-refractivity contribution < 1.29 is 33.3 Å². The Bertz CT molecular complexity index is 1350. The summed E-state index contributed by atoms with van der Waals surface area (Å²) in [6.45, 7) is 16.3. The number of nitrogens with one attached hydrogen (secondary N) is 1. The molecule has 11 heteroatoms.